The van der Waals surface area contributed by atoms with Gasteiger partial charge in [0.2, 0.25) is 0 Å². The first-order valence-corrected chi connectivity index (χ1v) is 7.43. The van der Waals surface area contributed by atoms with Crippen LogP contribution in [0.1, 0.15) is 27.4 Å². The van der Waals surface area contributed by atoms with Gasteiger partial charge in [-0.15, -0.1) is 0 Å². The van der Waals surface area contributed by atoms with Gasteiger partial charge in [-0.25, -0.2) is 9.50 Å². The second kappa shape index (κ2) is 6.03. The number of carbonyl (C=O) groups is 1. The third-order valence-electron chi connectivity index (χ3n) is 3.38. The molecule has 7 nitrogen and oxygen atoms in total. The van der Waals surface area contributed by atoms with Crippen LogP contribution in [-0.2, 0) is 19.8 Å². The lowest BCUT2D eigenvalue weighted by molar-refractivity contribution is -0.142. The second-order valence-corrected chi connectivity index (χ2v) is 5.76. The van der Waals surface area contributed by atoms with Crippen LogP contribution >= 0.6 is 11.6 Å². The van der Waals surface area contributed by atoms with Crippen molar-refractivity contribution in [2.75, 3.05) is 0 Å². The summed E-state index contributed by atoms with van der Waals surface area (Å²) in [5.74, 6) is -0.704. The summed E-state index contributed by atoms with van der Waals surface area (Å²) in [6.45, 7) is 1.54. The highest BCUT2D eigenvalue weighted by Gasteiger charge is 2.36. The van der Waals surface area contributed by atoms with E-state index >= 15 is 0 Å². The minimum absolute atomic E-state index is 0.115. The maximum absolute atomic E-state index is 13.2. The van der Waals surface area contributed by atoms with Gasteiger partial charge in [-0.2, -0.15) is 23.4 Å². The van der Waals surface area contributed by atoms with Crippen LogP contribution in [0, 0.1) is 6.92 Å². The van der Waals surface area contributed by atoms with Gasteiger partial charge in [0.15, 0.2) is 11.3 Å². The van der Waals surface area contributed by atoms with Crippen molar-refractivity contribution in [1.29, 1.82) is 0 Å². The fourth-order valence-corrected chi connectivity index (χ4v) is 2.54. The van der Waals surface area contributed by atoms with E-state index < -0.39 is 17.8 Å². The van der Waals surface area contributed by atoms with Crippen molar-refractivity contribution in [3.05, 3.63) is 46.1 Å². The van der Waals surface area contributed by atoms with Crippen LogP contribution < -0.4 is 5.32 Å². The Morgan fingerprint density at radius 2 is 2.12 bits per heavy atom. The van der Waals surface area contributed by atoms with Crippen molar-refractivity contribution >= 4 is 23.2 Å². The Bertz CT molecular complexity index is 962. The zero-order valence-electron chi connectivity index (χ0n) is 13.1. The molecule has 0 aliphatic rings. The largest absolute Gasteiger partial charge is 0.433 e. The molecule has 1 N–H and O–H groups in total. The van der Waals surface area contributed by atoms with Crippen LogP contribution in [0.25, 0.3) is 5.65 Å². The predicted molar refractivity (Wildman–Crippen MR) is 82.1 cm³/mol. The monoisotopic (exact) mass is 372 g/mol. The number of aromatic nitrogens is 5. The molecule has 0 saturated heterocycles. The normalized spacial score (nSPS) is 11.9. The van der Waals surface area contributed by atoms with E-state index in [1.807, 2.05) is 0 Å². The number of hydrogen-bond acceptors (Lipinski definition) is 4. The molecule has 0 fully saturated rings. The Morgan fingerprint density at radius 1 is 1.40 bits per heavy atom. The molecule has 11 heteroatoms. The molecule has 3 rings (SSSR count). The molecule has 0 radical (unpaired) electrons. The van der Waals surface area contributed by atoms with Gasteiger partial charge in [0.05, 0.1) is 6.20 Å². The SMILES string of the molecule is Cc1cc(C(F)(F)F)n2nc(C(=O)NCc3cnn(C)c3)c(Cl)c2n1. The molecule has 0 spiro atoms. The Labute approximate surface area is 144 Å². The minimum Gasteiger partial charge on any atom is -0.346 e. The fraction of sp³-hybridized carbons (Fsp3) is 0.286. The Kier molecular flexibility index (Phi) is 4.15. The maximum atomic E-state index is 13.2. The smallest absolute Gasteiger partial charge is 0.346 e. The zero-order chi connectivity index (χ0) is 18.4. The maximum Gasteiger partial charge on any atom is 0.433 e. The van der Waals surface area contributed by atoms with Crippen LogP contribution in [0.5, 0.6) is 0 Å². The zero-order valence-corrected chi connectivity index (χ0v) is 13.9. The lowest BCUT2D eigenvalue weighted by Gasteiger charge is -2.09. The van der Waals surface area contributed by atoms with E-state index in [4.69, 9.17) is 11.6 Å². The van der Waals surface area contributed by atoms with Crippen molar-refractivity contribution in [3.8, 4) is 0 Å². The van der Waals surface area contributed by atoms with Gasteiger partial charge in [0.25, 0.3) is 5.91 Å². The molecule has 0 bridgehead atoms. The minimum atomic E-state index is -4.66. The molecule has 0 saturated carbocycles. The molecular formula is C14H12ClF3N6O. The van der Waals surface area contributed by atoms with E-state index in [2.05, 4.69) is 20.5 Å². The summed E-state index contributed by atoms with van der Waals surface area (Å²) >= 11 is 6.04. The number of hydrogen-bond donors (Lipinski definition) is 1. The van der Waals surface area contributed by atoms with Crippen molar-refractivity contribution in [3.63, 3.8) is 0 Å². The van der Waals surface area contributed by atoms with Crippen LogP contribution in [0.4, 0.5) is 13.2 Å². The van der Waals surface area contributed by atoms with E-state index in [1.54, 1.807) is 24.1 Å². The predicted octanol–water partition coefficient (Wildman–Crippen LogP) is 2.37. The van der Waals surface area contributed by atoms with Crippen molar-refractivity contribution in [2.45, 2.75) is 19.6 Å². The third-order valence-corrected chi connectivity index (χ3v) is 3.73. The highest BCUT2D eigenvalue weighted by molar-refractivity contribution is 6.36. The van der Waals surface area contributed by atoms with E-state index in [0.29, 0.717) is 4.52 Å². The summed E-state index contributed by atoms with van der Waals surface area (Å²) < 4.78 is 41.6. The van der Waals surface area contributed by atoms with Gasteiger partial charge < -0.3 is 5.32 Å². The van der Waals surface area contributed by atoms with Crippen LogP contribution in [0.3, 0.4) is 0 Å². The summed E-state index contributed by atoms with van der Waals surface area (Å²) in [4.78, 5) is 16.2. The number of aryl methyl sites for hydroxylation is 2. The number of alkyl halides is 3. The molecule has 0 aliphatic heterocycles. The first-order valence-electron chi connectivity index (χ1n) is 7.05. The Balaban J connectivity index is 1.96. The summed E-state index contributed by atoms with van der Waals surface area (Å²) in [5, 5.41) is 9.96. The van der Waals surface area contributed by atoms with Crippen LogP contribution in [-0.4, -0.2) is 30.3 Å². The molecule has 0 aromatic carbocycles. The van der Waals surface area contributed by atoms with Crippen molar-refractivity contribution in [1.82, 2.24) is 29.7 Å². The highest BCUT2D eigenvalue weighted by Crippen LogP contribution is 2.32. The van der Waals surface area contributed by atoms with Crippen LogP contribution in [0.15, 0.2) is 18.5 Å². The Hall–Kier alpha value is -2.62. The quantitative estimate of drug-likeness (QED) is 0.765. The van der Waals surface area contributed by atoms with E-state index in [9.17, 15) is 18.0 Å². The number of amides is 1. The Morgan fingerprint density at radius 3 is 2.72 bits per heavy atom. The highest BCUT2D eigenvalue weighted by atomic mass is 35.5. The number of fused-ring (bicyclic) bond motifs is 1. The molecule has 3 heterocycles. The molecule has 132 valence electrons. The first-order chi connectivity index (χ1) is 11.7. The lowest BCUT2D eigenvalue weighted by Crippen LogP contribution is -2.23. The number of rotatable bonds is 3. The van der Waals surface area contributed by atoms with Gasteiger partial charge in [-0.3, -0.25) is 9.48 Å². The third kappa shape index (κ3) is 3.29. The van der Waals surface area contributed by atoms with Gasteiger partial charge >= 0.3 is 6.18 Å². The molecule has 3 aromatic rings. The van der Waals surface area contributed by atoms with Crippen molar-refractivity contribution in [2.24, 2.45) is 7.05 Å². The van der Waals surface area contributed by atoms with Gasteiger partial charge in [0, 0.05) is 31.0 Å². The molecule has 3 aromatic heterocycles. The van der Waals surface area contributed by atoms with Crippen LogP contribution in [0.2, 0.25) is 5.02 Å². The molecular weight excluding hydrogens is 361 g/mol. The van der Waals surface area contributed by atoms with E-state index in [0.717, 1.165) is 11.6 Å². The number of carbonyl (C=O) groups excluding carboxylic acids is 1. The number of nitrogens with zero attached hydrogens (tertiary/aromatic N) is 5. The van der Waals surface area contributed by atoms with Gasteiger partial charge in [-0.1, -0.05) is 11.6 Å². The molecule has 1 amide bonds. The van der Waals surface area contributed by atoms with Gasteiger partial charge in [0.1, 0.15) is 10.7 Å². The summed E-state index contributed by atoms with van der Waals surface area (Å²) in [6, 6.07) is 0.841. The van der Waals surface area contributed by atoms with E-state index in [-0.39, 0.29) is 28.6 Å². The van der Waals surface area contributed by atoms with Crippen molar-refractivity contribution < 1.29 is 18.0 Å². The summed E-state index contributed by atoms with van der Waals surface area (Å²) in [5.41, 5.74) is -0.762. The molecule has 0 unspecified atom stereocenters. The molecule has 0 aliphatic carbocycles. The second-order valence-electron chi connectivity index (χ2n) is 5.38. The average Bonchev–Trinajstić information content (AvgIpc) is 3.08. The lowest BCUT2D eigenvalue weighted by atomic mass is 10.3. The average molecular weight is 373 g/mol. The topological polar surface area (TPSA) is 77.1 Å². The van der Waals surface area contributed by atoms with E-state index in [1.165, 1.54) is 6.92 Å². The first kappa shape index (κ1) is 17.2. The summed E-state index contributed by atoms with van der Waals surface area (Å²) in [7, 11) is 1.72. The number of nitrogens with one attached hydrogen (secondary N) is 1. The molecule has 0 atom stereocenters. The van der Waals surface area contributed by atoms with Gasteiger partial charge in [-0.05, 0) is 13.0 Å². The number of halogens is 4. The standard InChI is InChI=1S/C14H12ClF3N6O/c1-7-3-9(14(16,17)18)24-12(21-7)10(15)11(22-24)13(25)19-4-8-5-20-23(2)6-8/h3,5-6H,4H2,1-2H3,(H,19,25). The fourth-order valence-electron chi connectivity index (χ4n) is 2.29. The summed E-state index contributed by atoms with van der Waals surface area (Å²) in [6.07, 6.45) is -1.42. The molecule has 25 heavy (non-hydrogen) atoms.